The molecule has 5 aromatic rings. The van der Waals surface area contributed by atoms with Crippen LogP contribution in [-0.2, 0) is 20.2 Å². The van der Waals surface area contributed by atoms with E-state index in [-0.39, 0.29) is 27.8 Å². The first-order valence-electron chi connectivity index (χ1n) is 13.3. The number of nitrogen functional groups attached to an aromatic ring is 3. The minimum atomic E-state index is -5.13. The van der Waals surface area contributed by atoms with E-state index in [2.05, 4.69) is 30.7 Å². The van der Waals surface area contributed by atoms with Crippen LogP contribution in [-0.4, -0.2) is 36.0 Å². The van der Waals surface area contributed by atoms with Gasteiger partial charge in [0.25, 0.3) is 25.9 Å². The van der Waals surface area contributed by atoms with E-state index >= 15 is 0 Å². The number of hydrogen-bond acceptors (Lipinski definition) is 16. The molecule has 0 amide bonds. The predicted octanol–water partition coefficient (Wildman–Crippen LogP) is 6.94. The molecule has 0 saturated heterocycles. The topological polar surface area (TPSA) is 324 Å². The van der Waals surface area contributed by atoms with Crippen molar-refractivity contribution in [1.82, 2.24) is 0 Å². The molecular weight excluding hydrogens is 685 g/mol. The molecule has 49 heavy (non-hydrogen) atoms. The highest BCUT2D eigenvalue weighted by atomic mass is 32.2. The van der Waals surface area contributed by atoms with Crippen LogP contribution in [0.2, 0.25) is 0 Å². The Morgan fingerprint density at radius 1 is 0.633 bits per heavy atom. The number of aromatic hydroxyl groups is 1. The van der Waals surface area contributed by atoms with Crippen molar-refractivity contribution < 1.29 is 36.0 Å². The summed E-state index contributed by atoms with van der Waals surface area (Å²) in [5, 5.41) is 44.8. The van der Waals surface area contributed by atoms with Crippen molar-refractivity contribution in [2.75, 3.05) is 17.2 Å². The van der Waals surface area contributed by atoms with Crippen LogP contribution >= 0.6 is 0 Å². The molecule has 21 heteroatoms. The number of non-ortho nitro benzene ring substituents is 1. The van der Waals surface area contributed by atoms with Crippen LogP contribution in [0.3, 0.4) is 0 Å². The molecule has 0 aliphatic rings. The van der Waals surface area contributed by atoms with Gasteiger partial charge in [-0.3, -0.25) is 19.2 Å². The van der Waals surface area contributed by atoms with Gasteiger partial charge in [-0.15, -0.1) is 15.3 Å². The largest absolute Gasteiger partial charge is 0.505 e. The fourth-order valence-electron chi connectivity index (χ4n) is 4.32. The van der Waals surface area contributed by atoms with Gasteiger partial charge < -0.3 is 22.3 Å². The quantitative estimate of drug-likeness (QED) is 0.0298. The Hall–Kier alpha value is -6.42. The van der Waals surface area contributed by atoms with E-state index < -0.39 is 57.8 Å². The van der Waals surface area contributed by atoms with E-state index in [4.69, 9.17) is 17.2 Å². The Balaban J connectivity index is 1.58. The molecule has 250 valence electrons. The molecule has 0 spiro atoms. The van der Waals surface area contributed by atoms with Crippen LogP contribution in [0.5, 0.6) is 5.75 Å². The molecule has 5 aromatic carbocycles. The number of nitro groups is 1. The monoisotopic (exact) mass is 706 g/mol. The summed E-state index contributed by atoms with van der Waals surface area (Å²) < 4.78 is 69.0. The van der Waals surface area contributed by atoms with Crippen molar-refractivity contribution in [3.63, 3.8) is 0 Å². The second-order valence-electron chi connectivity index (χ2n) is 9.97. The number of hydrogen-bond donors (Lipinski definition) is 6. The third-order valence-electron chi connectivity index (χ3n) is 6.64. The zero-order valence-electron chi connectivity index (χ0n) is 24.5. The first-order chi connectivity index (χ1) is 23.0. The van der Waals surface area contributed by atoms with Gasteiger partial charge in [-0.05, 0) is 72.1 Å². The van der Waals surface area contributed by atoms with Crippen LogP contribution < -0.4 is 17.2 Å². The number of anilines is 3. The smallest absolute Gasteiger partial charge is 0.296 e. The fraction of sp³-hybridized carbons (Fsp3) is 0. The van der Waals surface area contributed by atoms with Crippen molar-refractivity contribution in [1.29, 1.82) is 0 Å². The summed E-state index contributed by atoms with van der Waals surface area (Å²) in [5.41, 5.74) is 17.1. The van der Waals surface area contributed by atoms with Crippen molar-refractivity contribution in [3.8, 4) is 5.75 Å². The lowest BCUT2D eigenvalue weighted by Crippen LogP contribution is -2.03. The molecule has 0 aliphatic carbocycles. The zero-order chi connectivity index (χ0) is 35.7. The molecule has 0 saturated carbocycles. The Morgan fingerprint density at radius 2 is 1.10 bits per heavy atom. The van der Waals surface area contributed by atoms with Crippen LogP contribution in [0.4, 0.5) is 56.9 Å². The maximum atomic E-state index is 12.3. The number of azo groups is 3. The van der Waals surface area contributed by atoms with Crippen LogP contribution in [0.1, 0.15) is 0 Å². The summed E-state index contributed by atoms with van der Waals surface area (Å²) in [7, 11) is -10.2. The van der Waals surface area contributed by atoms with E-state index in [0.29, 0.717) is 22.7 Å². The standard InChI is InChI=1S/C28H22N10O9S2/c29-15-1-10-21(20(30)13-15)35-32-16-2-4-17(5-3-16)34-37-27-23(49(45,46)47)12-14-11-22(48(42,43)44)26(25(31)24(14)28(27)39)36-33-18-6-8-19(9-7-18)38(40)41/h1-13,39H,29-31H2,(H,42,43,44)(H,45,46,47). The summed E-state index contributed by atoms with van der Waals surface area (Å²) in [6.07, 6.45) is 0. The number of fused-ring (bicyclic) bond motifs is 1. The molecule has 0 heterocycles. The van der Waals surface area contributed by atoms with Gasteiger partial charge in [0.15, 0.2) is 5.75 Å². The van der Waals surface area contributed by atoms with Gasteiger partial charge in [0.2, 0.25) is 0 Å². The molecule has 0 atom stereocenters. The minimum absolute atomic E-state index is 0.0219. The Bertz CT molecular complexity index is 2450. The fourth-order valence-corrected chi connectivity index (χ4v) is 5.65. The van der Waals surface area contributed by atoms with Gasteiger partial charge in [-0.25, -0.2) is 0 Å². The molecule has 0 aliphatic heterocycles. The molecule has 5 rings (SSSR count). The van der Waals surface area contributed by atoms with Gasteiger partial charge in [-0.1, -0.05) is 0 Å². The molecular formula is C28H22N10O9S2. The first kappa shape index (κ1) is 33.9. The van der Waals surface area contributed by atoms with Crippen molar-refractivity contribution >= 4 is 87.9 Å². The van der Waals surface area contributed by atoms with Crippen LogP contribution in [0, 0.1) is 10.1 Å². The van der Waals surface area contributed by atoms with Crippen LogP contribution in [0.15, 0.2) is 119 Å². The van der Waals surface area contributed by atoms with Crippen molar-refractivity contribution in [3.05, 3.63) is 89.0 Å². The summed E-state index contributed by atoms with van der Waals surface area (Å²) in [6.45, 7) is 0. The lowest BCUT2D eigenvalue weighted by Gasteiger charge is -2.14. The SMILES string of the molecule is Nc1ccc(N=Nc2ccc(N=Nc3c(S(=O)(=O)O)cc4cc(S(=O)(=O)O)c(N=Nc5ccc([N+](=O)[O-])cc5)c(N)c4c3O)cc2)c(N)c1. The van der Waals surface area contributed by atoms with Gasteiger partial charge in [-0.2, -0.15) is 32.2 Å². The maximum Gasteiger partial charge on any atom is 0.296 e. The summed E-state index contributed by atoms with van der Waals surface area (Å²) in [5.74, 6) is -0.952. The highest BCUT2D eigenvalue weighted by Gasteiger charge is 2.28. The molecule has 0 bridgehead atoms. The second-order valence-corrected chi connectivity index (χ2v) is 12.7. The van der Waals surface area contributed by atoms with Crippen molar-refractivity contribution in [2.24, 2.45) is 30.7 Å². The second kappa shape index (κ2) is 13.0. The summed E-state index contributed by atoms with van der Waals surface area (Å²) >= 11 is 0. The number of nitrogens with zero attached hydrogens (tertiary/aromatic N) is 7. The lowest BCUT2D eigenvalue weighted by molar-refractivity contribution is -0.384. The van der Waals surface area contributed by atoms with E-state index in [9.17, 15) is 41.2 Å². The number of benzene rings is 5. The number of phenolic OH excluding ortho intramolecular Hbond substituents is 1. The third kappa shape index (κ3) is 7.44. The molecule has 19 nitrogen and oxygen atoms in total. The molecule has 0 unspecified atom stereocenters. The predicted molar refractivity (Wildman–Crippen MR) is 177 cm³/mol. The number of rotatable bonds is 9. The number of phenols is 1. The Morgan fingerprint density at radius 3 is 1.59 bits per heavy atom. The average molecular weight is 707 g/mol. The summed E-state index contributed by atoms with van der Waals surface area (Å²) in [4.78, 5) is 8.36. The molecule has 0 radical (unpaired) electrons. The van der Waals surface area contributed by atoms with E-state index in [1.165, 1.54) is 42.5 Å². The zero-order valence-corrected chi connectivity index (χ0v) is 26.1. The van der Waals surface area contributed by atoms with Gasteiger partial charge in [0.1, 0.15) is 26.9 Å². The number of nitrogens with two attached hydrogens (primary N) is 3. The van der Waals surface area contributed by atoms with Crippen LogP contribution in [0.25, 0.3) is 10.8 Å². The van der Waals surface area contributed by atoms with Gasteiger partial charge >= 0.3 is 0 Å². The lowest BCUT2D eigenvalue weighted by atomic mass is 10.1. The Kier molecular flexibility index (Phi) is 9.00. The minimum Gasteiger partial charge on any atom is -0.505 e. The van der Waals surface area contributed by atoms with Gasteiger partial charge in [0.05, 0.1) is 38.7 Å². The molecule has 0 aromatic heterocycles. The maximum absolute atomic E-state index is 12.3. The molecule has 0 fully saturated rings. The highest BCUT2D eigenvalue weighted by Crippen LogP contribution is 2.48. The first-order valence-corrected chi connectivity index (χ1v) is 16.2. The molecule has 9 N–H and O–H groups in total. The van der Waals surface area contributed by atoms with E-state index in [0.717, 1.165) is 24.3 Å². The normalized spacial score (nSPS) is 12.4. The van der Waals surface area contributed by atoms with E-state index in [1.54, 1.807) is 12.1 Å². The number of nitro benzene ring substituents is 1. The summed E-state index contributed by atoms with van der Waals surface area (Å²) in [6, 6.07) is 16.7. The van der Waals surface area contributed by atoms with Crippen molar-refractivity contribution in [2.45, 2.75) is 9.79 Å². The van der Waals surface area contributed by atoms with Gasteiger partial charge in [0, 0.05) is 17.8 Å². The van der Waals surface area contributed by atoms with E-state index in [1.807, 2.05) is 0 Å². The highest BCUT2D eigenvalue weighted by molar-refractivity contribution is 7.86. The third-order valence-corrected chi connectivity index (χ3v) is 8.37. The Labute approximate surface area is 275 Å². The average Bonchev–Trinajstić information content (AvgIpc) is 3.03.